The molecule has 3 N–H and O–H groups in total. The largest absolute Gasteiger partial charge is 0.323 e. The van der Waals surface area contributed by atoms with Crippen molar-refractivity contribution in [2.45, 2.75) is 6.92 Å². The molecule has 0 aliphatic carbocycles. The molecule has 0 saturated heterocycles. The lowest BCUT2D eigenvalue weighted by molar-refractivity contribution is 0.102. The van der Waals surface area contributed by atoms with Crippen molar-refractivity contribution in [1.29, 1.82) is 0 Å². The monoisotopic (exact) mass is 286 g/mol. The molecule has 0 aliphatic rings. The molecular formula is C14H11FN4O2. The lowest BCUT2D eigenvalue weighted by Gasteiger charge is -2.07. The molecule has 0 spiro atoms. The van der Waals surface area contributed by atoms with Gasteiger partial charge in [0.05, 0.1) is 17.2 Å². The molecule has 0 bridgehead atoms. The number of hydrogen-bond acceptors (Lipinski definition) is 3. The van der Waals surface area contributed by atoms with Crippen molar-refractivity contribution in [1.82, 2.24) is 15.0 Å². The van der Waals surface area contributed by atoms with E-state index in [-0.39, 0.29) is 11.4 Å². The topological polar surface area (TPSA) is 90.6 Å². The minimum atomic E-state index is -0.490. The van der Waals surface area contributed by atoms with Crippen LogP contribution in [0.4, 0.5) is 10.1 Å². The van der Waals surface area contributed by atoms with Crippen LogP contribution in [-0.4, -0.2) is 20.9 Å². The van der Waals surface area contributed by atoms with Gasteiger partial charge in [0, 0.05) is 5.69 Å². The molecule has 0 unspecified atom stereocenters. The maximum atomic E-state index is 13.0. The first-order valence-corrected chi connectivity index (χ1v) is 6.18. The van der Waals surface area contributed by atoms with Crippen molar-refractivity contribution >= 4 is 22.6 Å². The predicted molar refractivity (Wildman–Crippen MR) is 75.8 cm³/mol. The highest BCUT2D eigenvalue weighted by Gasteiger charge is 2.12. The van der Waals surface area contributed by atoms with E-state index in [4.69, 9.17) is 0 Å². The maximum absolute atomic E-state index is 13.0. The summed E-state index contributed by atoms with van der Waals surface area (Å²) in [6.07, 6.45) is 0.995. The van der Waals surface area contributed by atoms with Crippen LogP contribution in [0.1, 0.15) is 16.1 Å². The van der Waals surface area contributed by atoms with Crippen molar-refractivity contribution in [3.8, 4) is 0 Å². The van der Waals surface area contributed by atoms with Crippen molar-refractivity contribution in [2.75, 3.05) is 5.32 Å². The third-order valence-corrected chi connectivity index (χ3v) is 3.03. The van der Waals surface area contributed by atoms with Gasteiger partial charge in [-0.15, -0.1) is 0 Å². The summed E-state index contributed by atoms with van der Waals surface area (Å²) in [6.45, 7) is 1.61. The molecule has 0 fully saturated rings. The molecule has 7 heteroatoms. The van der Waals surface area contributed by atoms with E-state index in [1.165, 1.54) is 6.07 Å². The summed E-state index contributed by atoms with van der Waals surface area (Å²) in [5.41, 5.74) is 2.02. The number of imidazole rings is 1. The lowest BCUT2D eigenvalue weighted by Crippen LogP contribution is -2.15. The van der Waals surface area contributed by atoms with E-state index < -0.39 is 11.7 Å². The molecule has 1 aromatic carbocycles. The number of benzene rings is 1. The summed E-state index contributed by atoms with van der Waals surface area (Å²) in [5, 5.41) is 2.66. The summed E-state index contributed by atoms with van der Waals surface area (Å²) < 4.78 is 13.0. The Bertz CT molecular complexity index is 897. The smallest absolute Gasteiger partial charge is 0.321 e. The van der Waals surface area contributed by atoms with Crippen molar-refractivity contribution in [3.05, 3.63) is 58.0 Å². The second kappa shape index (κ2) is 4.86. The fourth-order valence-electron chi connectivity index (χ4n) is 2.08. The summed E-state index contributed by atoms with van der Waals surface area (Å²) >= 11 is 0. The van der Waals surface area contributed by atoms with E-state index in [1.807, 2.05) is 0 Å². The zero-order valence-electron chi connectivity index (χ0n) is 11.0. The normalized spacial score (nSPS) is 10.8. The maximum Gasteiger partial charge on any atom is 0.323 e. The number of anilines is 1. The van der Waals surface area contributed by atoms with Crippen LogP contribution >= 0.6 is 0 Å². The van der Waals surface area contributed by atoms with Crippen LogP contribution in [0.5, 0.6) is 0 Å². The van der Waals surface area contributed by atoms with Gasteiger partial charge >= 0.3 is 5.69 Å². The Morgan fingerprint density at radius 2 is 2.00 bits per heavy atom. The molecule has 3 rings (SSSR count). The summed E-state index contributed by atoms with van der Waals surface area (Å²) in [6, 6.07) is 6.20. The standard InChI is InChI=1S/C14H11FN4O2/c1-7-4-8(15)6-16-12(7)13(20)17-9-2-3-10-11(5-9)19-14(21)18-10/h2-6H,1H3,(H,17,20)(H2,18,19,21). The fourth-order valence-corrected chi connectivity index (χ4v) is 2.08. The highest BCUT2D eigenvalue weighted by molar-refractivity contribution is 6.04. The van der Waals surface area contributed by atoms with Crippen LogP contribution in [0.2, 0.25) is 0 Å². The molecule has 106 valence electrons. The molecule has 2 heterocycles. The molecule has 1 amide bonds. The number of hydrogen-bond donors (Lipinski definition) is 3. The quantitative estimate of drug-likeness (QED) is 0.672. The van der Waals surface area contributed by atoms with E-state index in [0.717, 1.165) is 6.20 Å². The number of H-pyrrole nitrogens is 2. The van der Waals surface area contributed by atoms with E-state index >= 15 is 0 Å². The average Bonchev–Trinajstić information content (AvgIpc) is 2.77. The number of carbonyl (C=O) groups excluding carboxylic acids is 1. The third kappa shape index (κ3) is 2.53. The van der Waals surface area contributed by atoms with E-state index in [9.17, 15) is 14.0 Å². The number of fused-ring (bicyclic) bond motifs is 1. The van der Waals surface area contributed by atoms with Gasteiger partial charge < -0.3 is 15.3 Å². The second-order valence-electron chi connectivity index (χ2n) is 4.61. The SMILES string of the molecule is Cc1cc(F)cnc1C(=O)Nc1ccc2[nH]c(=O)[nH]c2c1. The molecule has 0 atom stereocenters. The Balaban J connectivity index is 1.90. The molecule has 6 nitrogen and oxygen atoms in total. The number of amides is 1. The van der Waals surface area contributed by atoms with Crippen LogP contribution in [0.15, 0.2) is 35.3 Å². The van der Waals surface area contributed by atoms with Crippen LogP contribution in [0, 0.1) is 12.7 Å². The summed E-state index contributed by atoms with van der Waals surface area (Å²) in [7, 11) is 0. The van der Waals surface area contributed by atoms with Gasteiger partial charge in [-0.2, -0.15) is 0 Å². The van der Waals surface area contributed by atoms with Crippen molar-refractivity contribution in [3.63, 3.8) is 0 Å². The van der Waals surface area contributed by atoms with Crippen molar-refractivity contribution in [2.24, 2.45) is 0 Å². The van der Waals surface area contributed by atoms with Crippen LogP contribution in [0.3, 0.4) is 0 Å². The van der Waals surface area contributed by atoms with Gasteiger partial charge in [-0.3, -0.25) is 4.79 Å². The number of aromatic nitrogens is 3. The molecule has 3 aromatic rings. The minimum Gasteiger partial charge on any atom is -0.321 e. The minimum absolute atomic E-state index is 0.152. The van der Waals surface area contributed by atoms with Crippen LogP contribution < -0.4 is 11.0 Å². The highest BCUT2D eigenvalue weighted by Crippen LogP contribution is 2.16. The van der Waals surface area contributed by atoms with E-state index in [2.05, 4.69) is 20.3 Å². The molecular weight excluding hydrogens is 275 g/mol. The summed E-state index contributed by atoms with van der Waals surface area (Å²) in [5.74, 6) is -0.930. The predicted octanol–water partition coefficient (Wildman–Crippen LogP) is 1.95. The van der Waals surface area contributed by atoms with Crippen molar-refractivity contribution < 1.29 is 9.18 Å². The van der Waals surface area contributed by atoms with Crippen LogP contribution in [0.25, 0.3) is 11.0 Å². The molecule has 2 aromatic heterocycles. The Hall–Kier alpha value is -2.96. The highest BCUT2D eigenvalue weighted by atomic mass is 19.1. The molecule has 0 radical (unpaired) electrons. The van der Waals surface area contributed by atoms with Gasteiger partial charge in [-0.25, -0.2) is 14.2 Å². The Labute approximate surface area is 118 Å². The molecule has 21 heavy (non-hydrogen) atoms. The average molecular weight is 286 g/mol. The number of pyridine rings is 1. The van der Waals surface area contributed by atoms with E-state index in [0.29, 0.717) is 22.3 Å². The molecule has 0 aliphatic heterocycles. The first kappa shape index (κ1) is 13.0. The number of nitrogens with zero attached hydrogens (tertiary/aromatic N) is 1. The molecule has 0 saturated carbocycles. The van der Waals surface area contributed by atoms with Gasteiger partial charge in [-0.1, -0.05) is 0 Å². The number of aromatic amines is 2. The first-order chi connectivity index (χ1) is 10.0. The van der Waals surface area contributed by atoms with E-state index in [1.54, 1.807) is 25.1 Å². The van der Waals surface area contributed by atoms with Gasteiger partial charge in [0.25, 0.3) is 5.91 Å². The second-order valence-corrected chi connectivity index (χ2v) is 4.61. The number of halogens is 1. The third-order valence-electron chi connectivity index (χ3n) is 3.03. The van der Waals surface area contributed by atoms with Gasteiger partial charge in [0.15, 0.2) is 0 Å². The Morgan fingerprint density at radius 3 is 2.76 bits per heavy atom. The lowest BCUT2D eigenvalue weighted by atomic mass is 10.2. The summed E-state index contributed by atoms with van der Waals surface area (Å²) in [4.78, 5) is 32.3. The first-order valence-electron chi connectivity index (χ1n) is 6.18. The zero-order valence-corrected chi connectivity index (χ0v) is 11.0. The zero-order chi connectivity index (χ0) is 15.0. The van der Waals surface area contributed by atoms with Gasteiger partial charge in [0.1, 0.15) is 11.5 Å². The number of rotatable bonds is 2. The number of nitrogens with one attached hydrogen (secondary N) is 3. The van der Waals surface area contributed by atoms with Gasteiger partial charge in [-0.05, 0) is 36.8 Å². The fraction of sp³-hybridized carbons (Fsp3) is 0.0714. The Kier molecular flexibility index (Phi) is 3.02. The number of aryl methyl sites for hydroxylation is 1. The van der Waals surface area contributed by atoms with Crippen LogP contribution in [-0.2, 0) is 0 Å². The van der Waals surface area contributed by atoms with Gasteiger partial charge in [0.2, 0.25) is 0 Å². The number of carbonyl (C=O) groups is 1. The Morgan fingerprint density at radius 1 is 1.24 bits per heavy atom.